The summed E-state index contributed by atoms with van der Waals surface area (Å²) in [6.07, 6.45) is 1.50. The standard InChI is InChI=1S/C27H30N8O3.ClH/c1-18-8-4-10-20-24(18)32-25-19(9-5-11-21(25)31-20)26(36)29-16-6-14-28-15-7-17-30-27-33-35(38)23-13-3-2-12-22(23)34(27)37;/h2-5,8-13,28,37-38H,6-7,14-17H2,1H3,(H,29,36)(H,30,33);1H. The fourth-order valence-electron chi connectivity index (χ4n) is 4.31. The van der Waals surface area contributed by atoms with Crippen LogP contribution in [-0.4, -0.2) is 58.4 Å². The topological polar surface area (TPSA) is 138 Å². The van der Waals surface area contributed by atoms with Gasteiger partial charge in [-0.2, -0.15) is 10.2 Å². The Bertz CT molecular complexity index is 1500. The predicted octanol–water partition coefficient (Wildman–Crippen LogP) is 3.58. The number of fused-ring (bicyclic) bond motifs is 3. The van der Waals surface area contributed by atoms with Crippen molar-refractivity contribution in [3.05, 3.63) is 71.8 Å². The molecule has 0 atom stereocenters. The first-order valence-corrected chi connectivity index (χ1v) is 12.6. The number of aryl methyl sites for hydroxylation is 1. The lowest BCUT2D eigenvalue weighted by Gasteiger charge is -2.32. The van der Waals surface area contributed by atoms with Gasteiger partial charge in [-0.3, -0.25) is 15.2 Å². The summed E-state index contributed by atoms with van der Waals surface area (Å²) in [6.45, 7) is 4.43. The number of carbonyl (C=O) groups is 1. The van der Waals surface area contributed by atoms with Crippen LogP contribution in [0.1, 0.15) is 28.8 Å². The third-order valence-electron chi connectivity index (χ3n) is 6.27. The van der Waals surface area contributed by atoms with E-state index in [0.717, 1.165) is 52.8 Å². The van der Waals surface area contributed by atoms with E-state index in [0.29, 0.717) is 41.1 Å². The van der Waals surface area contributed by atoms with Crippen LogP contribution in [0.15, 0.2) is 65.7 Å². The number of guanidine groups is 1. The molecule has 2 heterocycles. The molecular weight excluding hydrogens is 520 g/mol. The van der Waals surface area contributed by atoms with Crippen molar-refractivity contribution in [1.82, 2.24) is 26.0 Å². The molecule has 0 unspecified atom stereocenters. The third kappa shape index (κ3) is 6.18. The molecule has 1 aliphatic heterocycles. The van der Waals surface area contributed by atoms with Crippen LogP contribution >= 0.6 is 12.4 Å². The molecule has 1 amide bonds. The van der Waals surface area contributed by atoms with Crippen molar-refractivity contribution >= 4 is 57.7 Å². The van der Waals surface area contributed by atoms with Crippen molar-refractivity contribution in [3.8, 4) is 0 Å². The molecule has 3 aromatic carbocycles. The molecule has 0 saturated carbocycles. The Kier molecular flexibility index (Phi) is 9.10. The molecule has 0 bridgehead atoms. The van der Waals surface area contributed by atoms with Crippen LogP contribution in [0, 0.1) is 6.92 Å². The minimum atomic E-state index is -0.165. The number of hydrazine groups is 1. The lowest BCUT2D eigenvalue weighted by Crippen LogP contribution is -2.52. The highest BCUT2D eigenvalue weighted by Gasteiger charge is 2.25. The summed E-state index contributed by atoms with van der Waals surface area (Å²) in [5.74, 6) is -0.0168. The number of hydrogen-bond acceptors (Lipinski definition) is 8. The van der Waals surface area contributed by atoms with E-state index in [-0.39, 0.29) is 24.3 Å². The number of nitrogens with zero attached hydrogens (tertiary/aromatic N) is 5. The second kappa shape index (κ2) is 12.7. The highest BCUT2D eigenvalue weighted by Crippen LogP contribution is 2.29. The number of halogens is 1. The number of hydroxylamine groups is 1. The number of carbonyl (C=O) groups excluding carboxylic acids is 1. The monoisotopic (exact) mass is 550 g/mol. The first-order chi connectivity index (χ1) is 18.5. The highest BCUT2D eigenvalue weighted by atomic mass is 35.5. The summed E-state index contributed by atoms with van der Waals surface area (Å²) in [7, 11) is 0. The lowest BCUT2D eigenvalue weighted by molar-refractivity contribution is 0.0954. The van der Waals surface area contributed by atoms with Crippen LogP contribution in [0.2, 0.25) is 0 Å². The third-order valence-corrected chi connectivity index (χ3v) is 6.27. The van der Waals surface area contributed by atoms with E-state index in [1.165, 1.54) is 0 Å². The predicted molar refractivity (Wildman–Crippen MR) is 154 cm³/mol. The van der Waals surface area contributed by atoms with Gasteiger partial charge in [-0.15, -0.1) is 12.4 Å². The number of rotatable bonds is 9. The van der Waals surface area contributed by atoms with Crippen LogP contribution in [-0.2, 0) is 0 Å². The number of anilines is 2. The van der Waals surface area contributed by atoms with E-state index in [2.05, 4.69) is 26.0 Å². The van der Waals surface area contributed by atoms with Crippen LogP contribution in [0.4, 0.5) is 11.4 Å². The zero-order valence-electron chi connectivity index (χ0n) is 21.5. The molecule has 1 aliphatic rings. The first-order valence-electron chi connectivity index (χ1n) is 12.6. The van der Waals surface area contributed by atoms with Crippen molar-refractivity contribution in [2.75, 3.05) is 36.4 Å². The van der Waals surface area contributed by atoms with Gasteiger partial charge in [0.05, 0.1) is 22.1 Å². The minimum absolute atomic E-state index is 0. The number of hydrogen-bond donors (Lipinski definition) is 5. The molecule has 5 N–H and O–H groups in total. The summed E-state index contributed by atoms with van der Waals surface area (Å²) >= 11 is 0. The van der Waals surface area contributed by atoms with Crippen LogP contribution in [0.3, 0.4) is 0 Å². The van der Waals surface area contributed by atoms with Gasteiger partial charge in [0.25, 0.3) is 5.91 Å². The number of nitrogens with one attached hydrogen (secondary N) is 3. The minimum Gasteiger partial charge on any atom is -0.352 e. The van der Waals surface area contributed by atoms with Gasteiger partial charge in [-0.1, -0.05) is 30.3 Å². The fourth-order valence-corrected chi connectivity index (χ4v) is 4.31. The smallest absolute Gasteiger partial charge is 0.253 e. The number of aliphatic imine (C=N–C) groups is 1. The van der Waals surface area contributed by atoms with Crippen molar-refractivity contribution < 1.29 is 15.2 Å². The van der Waals surface area contributed by atoms with E-state index in [9.17, 15) is 15.2 Å². The van der Waals surface area contributed by atoms with Crippen molar-refractivity contribution in [1.29, 1.82) is 0 Å². The molecule has 0 fully saturated rings. The maximum absolute atomic E-state index is 12.9. The Morgan fingerprint density at radius 1 is 0.897 bits per heavy atom. The summed E-state index contributed by atoms with van der Waals surface area (Å²) in [5, 5.41) is 28.4. The summed E-state index contributed by atoms with van der Waals surface area (Å²) in [5.41, 5.74) is 7.97. The molecule has 4 aromatic rings. The molecule has 39 heavy (non-hydrogen) atoms. The Morgan fingerprint density at radius 3 is 2.44 bits per heavy atom. The largest absolute Gasteiger partial charge is 0.352 e. The molecule has 5 rings (SSSR count). The number of aromatic nitrogens is 2. The van der Waals surface area contributed by atoms with Gasteiger partial charge in [0.1, 0.15) is 16.9 Å². The van der Waals surface area contributed by atoms with E-state index in [1.54, 1.807) is 30.3 Å². The Labute approximate surface area is 231 Å². The normalized spacial score (nSPS) is 13.8. The van der Waals surface area contributed by atoms with Gasteiger partial charge >= 0.3 is 0 Å². The molecule has 204 valence electrons. The van der Waals surface area contributed by atoms with Crippen LogP contribution in [0.25, 0.3) is 22.1 Å². The summed E-state index contributed by atoms with van der Waals surface area (Å²) in [4.78, 5) is 26.6. The Balaban J connectivity index is 0.00000353. The molecule has 1 aromatic heterocycles. The van der Waals surface area contributed by atoms with E-state index in [4.69, 9.17) is 4.98 Å². The van der Waals surface area contributed by atoms with Crippen molar-refractivity contribution in [3.63, 3.8) is 0 Å². The zero-order valence-corrected chi connectivity index (χ0v) is 22.3. The van der Waals surface area contributed by atoms with E-state index >= 15 is 0 Å². The average Bonchev–Trinajstić information content (AvgIpc) is 2.93. The maximum Gasteiger partial charge on any atom is 0.253 e. The van der Waals surface area contributed by atoms with Gasteiger partial charge in [-0.25, -0.2) is 20.4 Å². The summed E-state index contributed by atoms with van der Waals surface area (Å²) in [6, 6.07) is 18.2. The van der Waals surface area contributed by atoms with E-state index in [1.807, 2.05) is 37.3 Å². The van der Waals surface area contributed by atoms with Gasteiger partial charge in [0, 0.05) is 13.1 Å². The lowest BCUT2D eigenvalue weighted by atomic mass is 10.1. The highest BCUT2D eigenvalue weighted by molar-refractivity contribution is 6.06. The zero-order chi connectivity index (χ0) is 26.5. The van der Waals surface area contributed by atoms with Gasteiger partial charge in [0.15, 0.2) is 0 Å². The van der Waals surface area contributed by atoms with Crippen molar-refractivity contribution in [2.24, 2.45) is 4.99 Å². The average molecular weight is 551 g/mol. The van der Waals surface area contributed by atoms with E-state index < -0.39 is 0 Å². The summed E-state index contributed by atoms with van der Waals surface area (Å²) < 4.78 is 0. The number of amides is 1. The fraction of sp³-hybridized carbons (Fsp3) is 0.259. The second-order valence-corrected chi connectivity index (χ2v) is 8.98. The molecule has 0 radical (unpaired) electrons. The van der Waals surface area contributed by atoms with Gasteiger partial charge < -0.3 is 10.6 Å². The number of benzene rings is 3. The molecular formula is C27H31ClN8O3. The van der Waals surface area contributed by atoms with Gasteiger partial charge in [-0.05, 0) is 68.8 Å². The molecule has 0 spiro atoms. The number of para-hydroxylation sites is 4. The van der Waals surface area contributed by atoms with Crippen LogP contribution in [0.5, 0.6) is 0 Å². The first kappa shape index (κ1) is 28.0. The van der Waals surface area contributed by atoms with Gasteiger partial charge in [0.2, 0.25) is 5.96 Å². The molecule has 0 aliphatic carbocycles. The maximum atomic E-state index is 12.9. The molecule has 12 heteroatoms. The van der Waals surface area contributed by atoms with Crippen LogP contribution < -0.4 is 26.3 Å². The SMILES string of the molecule is Cc1cccc2nc3cccc(C(=O)NCCCNCCCN=C4NN(O)c5ccccc5N4O)c3nc12.Cl. The quantitative estimate of drug-likeness (QED) is 0.156. The molecule has 11 nitrogen and oxygen atoms in total. The second-order valence-electron chi connectivity index (χ2n) is 8.98. The Hall–Kier alpha value is -4.03. The Morgan fingerprint density at radius 2 is 1.62 bits per heavy atom. The molecule has 0 saturated heterocycles. The van der Waals surface area contributed by atoms with Crippen molar-refractivity contribution in [2.45, 2.75) is 19.8 Å².